The first-order valence-electron chi connectivity index (χ1n) is 9.55. The van der Waals surface area contributed by atoms with Crippen LogP contribution in [0.3, 0.4) is 0 Å². The Balaban J connectivity index is 1.74. The van der Waals surface area contributed by atoms with Gasteiger partial charge in [-0.15, -0.1) is 10.2 Å². The van der Waals surface area contributed by atoms with Gasteiger partial charge in [-0.2, -0.15) is 0 Å². The molecule has 1 saturated carbocycles. The lowest BCUT2D eigenvalue weighted by Crippen LogP contribution is -2.44. The SMILES string of the molecule is CCN(C(=O)C(C)Sc1nncn1-c1ccccc1C)C1CCCCC1. The minimum atomic E-state index is -0.177. The molecule has 0 bridgehead atoms. The Hall–Kier alpha value is -1.82. The number of nitrogens with zero attached hydrogens (tertiary/aromatic N) is 4. The fourth-order valence-corrected chi connectivity index (χ4v) is 4.64. The maximum Gasteiger partial charge on any atom is 0.236 e. The number of carbonyl (C=O) groups excluding carboxylic acids is 1. The third-order valence-corrected chi connectivity index (χ3v) is 6.21. The predicted molar refractivity (Wildman–Crippen MR) is 106 cm³/mol. The van der Waals surface area contributed by atoms with Crippen LogP contribution in [0, 0.1) is 6.92 Å². The Morgan fingerprint density at radius 3 is 2.73 bits per heavy atom. The zero-order chi connectivity index (χ0) is 18.5. The number of hydrogen-bond acceptors (Lipinski definition) is 4. The highest BCUT2D eigenvalue weighted by atomic mass is 32.2. The first-order valence-corrected chi connectivity index (χ1v) is 10.4. The Morgan fingerprint density at radius 2 is 2.04 bits per heavy atom. The van der Waals surface area contributed by atoms with Gasteiger partial charge in [0.15, 0.2) is 5.16 Å². The third-order valence-electron chi connectivity index (χ3n) is 5.16. The topological polar surface area (TPSA) is 51.0 Å². The van der Waals surface area contributed by atoms with E-state index < -0.39 is 0 Å². The van der Waals surface area contributed by atoms with Crippen LogP contribution >= 0.6 is 11.8 Å². The summed E-state index contributed by atoms with van der Waals surface area (Å²) in [4.78, 5) is 15.1. The van der Waals surface area contributed by atoms with Crippen LogP contribution < -0.4 is 0 Å². The van der Waals surface area contributed by atoms with Crippen molar-refractivity contribution in [3.05, 3.63) is 36.2 Å². The van der Waals surface area contributed by atoms with Crippen LogP contribution in [0.25, 0.3) is 5.69 Å². The molecule has 0 spiro atoms. The van der Waals surface area contributed by atoms with Gasteiger partial charge in [0, 0.05) is 12.6 Å². The van der Waals surface area contributed by atoms with Crippen molar-refractivity contribution in [3.8, 4) is 5.69 Å². The highest BCUT2D eigenvalue weighted by Crippen LogP contribution is 2.29. The smallest absolute Gasteiger partial charge is 0.236 e. The predicted octanol–water partition coefficient (Wildman–Crippen LogP) is 4.24. The minimum Gasteiger partial charge on any atom is -0.339 e. The monoisotopic (exact) mass is 372 g/mol. The highest BCUT2D eigenvalue weighted by Gasteiger charge is 2.29. The lowest BCUT2D eigenvalue weighted by molar-refractivity contribution is -0.133. The molecule has 1 aliphatic carbocycles. The Morgan fingerprint density at radius 1 is 1.31 bits per heavy atom. The molecule has 26 heavy (non-hydrogen) atoms. The van der Waals surface area contributed by atoms with E-state index in [0.717, 1.165) is 35.8 Å². The normalized spacial score (nSPS) is 16.4. The van der Waals surface area contributed by atoms with Crippen molar-refractivity contribution in [2.75, 3.05) is 6.54 Å². The van der Waals surface area contributed by atoms with Gasteiger partial charge in [0.25, 0.3) is 0 Å². The summed E-state index contributed by atoms with van der Waals surface area (Å²) in [5.41, 5.74) is 2.21. The number of aromatic nitrogens is 3. The highest BCUT2D eigenvalue weighted by molar-refractivity contribution is 8.00. The third kappa shape index (κ3) is 4.11. The number of hydrogen-bond donors (Lipinski definition) is 0. The van der Waals surface area contributed by atoms with Crippen molar-refractivity contribution in [3.63, 3.8) is 0 Å². The summed E-state index contributed by atoms with van der Waals surface area (Å²) < 4.78 is 1.97. The fourth-order valence-electron chi connectivity index (χ4n) is 3.73. The van der Waals surface area contributed by atoms with E-state index in [1.165, 1.54) is 31.0 Å². The molecule has 0 radical (unpaired) electrons. The van der Waals surface area contributed by atoms with E-state index in [9.17, 15) is 4.79 Å². The van der Waals surface area contributed by atoms with Gasteiger partial charge in [-0.1, -0.05) is 49.2 Å². The van der Waals surface area contributed by atoms with Gasteiger partial charge in [-0.25, -0.2) is 0 Å². The molecular formula is C20H28N4OS. The molecule has 3 rings (SSSR count). The molecule has 140 valence electrons. The lowest BCUT2D eigenvalue weighted by atomic mass is 9.94. The van der Waals surface area contributed by atoms with E-state index in [0.29, 0.717) is 6.04 Å². The van der Waals surface area contributed by atoms with E-state index >= 15 is 0 Å². The Labute approximate surface area is 160 Å². The number of para-hydroxylation sites is 1. The largest absolute Gasteiger partial charge is 0.339 e. The van der Waals surface area contributed by atoms with Crippen molar-refractivity contribution < 1.29 is 4.79 Å². The van der Waals surface area contributed by atoms with Gasteiger partial charge in [0.2, 0.25) is 5.91 Å². The molecule has 0 saturated heterocycles. The second-order valence-electron chi connectivity index (χ2n) is 6.95. The minimum absolute atomic E-state index is 0.177. The number of aryl methyl sites for hydroxylation is 1. The molecular weight excluding hydrogens is 344 g/mol. The van der Waals surface area contributed by atoms with Crippen LogP contribution in [0.2, 0.25) is 0 Å². The second-order valence-corrected chi connectivity index (χ2v) is 8.25. The summed E-state index contributed by atoms with van der Waals surface area (Å²) >= 11 is 1.49. The van der Waals surface area contributed by atoms with Crippen LogP contribution in [0.5, 0.6) is 0 Å². The summed E-state index contributed by atoms with van der Waals surface area (Å²) in [6, 6.07) is 8.55. The number of amides is 1. The first kappa shape index (κ1) is 19.0. The number of thioether (sulfide) groups is 1. The van der Waals surface area contributed by atoms with Crippen LogP contribution in [0.15, 0.2) is 35.7 Å². The van der Waals surface area contributed by atoms with Crippen LogP contribution in [-0.2, 0) is 4.79 Å². The first-order chi connectivity index (χ1) is 12.6. The summed E-state index contributed by atoms with van der Waals surface area (Å²) in [6.45, 7) is 6.91. The molecule has 2 aromatic rings. The van der Waals surface area contributed by atoms with Gasteiger partial charge in [0.05, 0.1) is 10.9 Å². The number of rotatable bonds is 6. The van der Waals surface area contributed by atoms with Gasteiger partial charge in [-0.3, -0.25) is 9.36 Å². The van der Waals surface area contributed by atoms with Crippen molar-refractivity contribution in [1.29, 1.82) is 0 Å². The van der Waals surface area contributed by atoms with E-state index in [2.05, 4.69) is 41.1 Å². The van der Waals surface area contributed by atoms with Crippen molar-refractivity contribution >= 4 is 17.7 Å². The fraction of sp³-hybridized carbons (Fsp3) is 0.550. The number of benzene rings is 1. The molecule has 5 nitrogen and oxygen atoms in total. The molecule has 1 heterocycles. The van der Waals surface area contributed by atoms with Gasteiger partial charge >= 0.3 is 0 Å². The molecule has 0 N–H and O–H groups in total. The standard InChI is InChI=1S/C20H28N4OS/c1-4-23(17-11-6-5-7-12-17)19(25)16(3)26-20-22-21-14-24(20)18-13-9-8-10-15(18)2/h8-10,13-14,16-17H,4-7,11-12H2,1-3H3. The number of carbonyl (C=O) groups is 1. The van der Waals surface area contributed by atoms with Gasteiger partial charge in [-0.05, 0) is 45.2 Å². The molecule has 1 atom stereocenters. The molecule has 1 aromatic heterocycles. The quantitative estimate of drug-likeness (QED) is 0.712. The van der Waals surface area contributed by atoms with Gasteiger partial charge < -0.3 is 4.90 Å². The maximum absolute atomic E-state index is 13.1. The average Bonchev–Trinajstić information content (AvgIpc) is 3.11. The maximum atomic E-state index is 13.1. The van der Waals surface area contributed by atoms with E-state index in [1.54, 1.807) is 6.33 Å². The Bertz CT molecular complexity index is 739. The zero-order valence-corrected chi connectivity index (χ0v) is 16.7. The van der Waals surface area contributed by atoms with E-state index in [1.807, 2.05) is 23.6 Å². The molecule has 1 aliphatic rings. The van der Waals surface area contributed by atoms with E-state index in [4.69, 9.17) is 0 Å². The van der Waals surface area contributed by atoms with Crippen molar-refractivity contribution in [1.82, 2.24) is 19.7 Å². The van der Waals surface area contributed by atoms with Crippen LogP contribution in [0.4, 0.5) is 0 Å². The molecule has 0 aliphatic heterocycles. The van der Waals surface area contributed by atoms with Crippen molar-refractivity contribution in [2.24, 2.45) is 0 Å². The van der Waals surface area contributed by atoms with Crippen LogP contribution in [-0.4, -0.2) is 43.4 Å². The summed E-state index contributed by atoms with van der Waals surface area (Å²) in [6.07, 6.45) is 7.76. The lowest BCUT2D eigenvalue weighted by Gasteiger charge is -2.35. The molecule has 1 unspecified atom stereocenters. The van der Waals surface area contributed by atoms with Crippen molar-refractivity contribution in [2.45, 2.75) is 69.3 Å². The average molecular weight is 373 g/mol. The molecule has 1 aromatic carbocycles. The zero-order valence-electron chi connectivity index (χ0n) is 15.9. The van der Waals surface area contributed by atoms with E-state index in [-0.39, 0.29) is 11.2 Å². The molecule has 1 fully saturated rings. The summed E-state index contributed by atoms with van der Waals surface area (Å²) in [5, 5.41) is 8.92. The van der Waals surface area contributed by atoms with Crippen LogP contribution in [0.1, 0.15) is 51.5 Å². The summed E-state index contributed by atoms with van der Waals surface area (Å²) in [5.74, 6) is 0.212. The second kappa shape index (κ2) is 8.71. The summed E-state index contributed by atoms with van der Waals surface area (Å²) in [7, 11) is 0. The Kier molecular flexibility index (Phi) is 6.35. The molecule has 1 amide bonds. The van der Waals surface area contributed by atoms with Gasteiger partial charge in [0.1, 0.15) is 6.33 Å². The molecule has 6 heteroatoms.